The van der Waals surface area contributed by atoms with Crippen LogP contribution >= 0.6 is 0 Å². The highest BCUT2D eigenvalue weighted by molar-refractivity contribution is 6.17. The molecule has 0 atom stereocenters. The third-order valence-electron chi connectivity index (χ3n) is 4.80. The summed E-state index contributed by atoms with van der Waals surface area (Å²) < 4.78 is 30.3. The Labute approximate surface area is 182 Å². The highest BCUT2D eigenvalue weighted by Crippen LogP contribution is 2.33. The summed E-state index contributed by atoms with van der Waals surface area (Å²) in [5.74, 6) is -1.15. The Balaban J connectivity index is 1.69. The number of hydrogen-bond donors (Lipinski definition) is 2. The summed E-state index contributed by atoms with van der Waals surface area (Å²) in [6, 6.07) is 17.3. The van der Waals surface area contributed by atoms with Gasteiger partial charge in [0.2, 0.25) is 5.76 Å². The number of amides is 2. The molecule has 0 radical (unpaired) electrons. The number of furan rings is 1. The van der Waals surface area contributed by atoms with E-state index in [-0.39, 0.29) is 17.0 Å². The fourth-order valence-corrected chi connectivity index (χ4v) is 3.26. The summed E-state index contributed by atoms with van der Waals surface area (Å²) in [7, 11) is 2.99. The van der Waals surface area contributed by atoms with Crippen LogP contribution in [0.3, 0.4) is 0 Å². The predicted molar refractivity (Wildman–Crippen MR) is 118 cm³/mol. The van der Waals surface area contributed by atoms with Crippen molar-refractivity contribution in [3.05, 3.63) is 83.9 Å². The minimum absolute atomic E-state index is 0.120. The SMILES string of the molecule is COc1ccc(NC(=O)c2oc3ccccc3c2NC(=O)c2ccccc2F)cc1OC. The molecule has 8 heteroatoms. The number of hydrogen-bond acceptors (Lipinski definition) is 5. The number of carbonyl (C=O) groups is 2. The lowest BCUT2D eigenvalue weighted by molar-refractivity contribution is 0.0999. The minimum Gasteiger partial charge on any atom is -0.493 e. The maximum atomic E-state index is 14.1. The van der Waals surface area contributed by atoms with Gasteiger partial charge in [-0.2, -0.15) is 0 Å². The molecule has 1 heterocycles. The molecule has 0 unspecified atom stereocenters. The van der Waals surface area contributed by atoms with Gasteiger partial charge in [0, 0.05) is 17.1 Å². The van der Waals surface area contributed by atoms with E-state index in [0.717, 1.165) is 0 Å². The Kier molecular flexibility index (Phi) is 5.76. The summed E-state index contributed by atoms with van der Waals surface area (Å²) in [4.78, 5) is 25.8. The van der Waals surface area contributed by atoms with E-state index in [4.69, 9.17) is 13.9 Å². The van der Waals surface area contributed by atoms with Crippen LogP contribution < -0.4 is 20.1 Å². The molecule has 0 bridgehead atoms. The number of nitrogens with one attached hydrogen (secondary N) is 2. The zero-order valence-corrected chi connectivity index (χ0v) is 17.3. The average Bonchev–Trinajstić information content (AvgIpc) is 3.17. The van der Waals surface area contributed by atoms with Crippen LogP contribution in [-0.2, 0) is 0 Å². The molecule has 0 aliphatic carbocycles. The Hall–Kier alpha value is -4.33. The summed E-state index contributed by atoms with van der Waals surface area (Å²) in [6.45, 7) is 0. The number of ether oxygens (including phenoxy) is 2. The van der Waals surface area contributed by atoms with E-state index in [1.165, 1.54) is 32.4 Å². The second-order valence-electron chi connectivity index (χ2n) is 6.76. The number of benzene rings is 3. The zero-order valence-electron chi connectivity index (χ0n) is 17.3. The average molecular weight is 434 g/mol. The van der Waals surface area contributed by atoms with Gasteiger partial charge in [-0.3, -0.25) is 9.59 Å². The molecule has 162 valence electrons. The first kappa shape index (κ1) is 20.9. The number of rotatable bonds is 6. The fraction of sp³-hybridized carbons (Fsp3) is 0.0833. The van der Waals surface area contributed by atoms with Crippen LogP contribution in [0.1, 0.15) is 20.9 Å². The maximum absolute atomic E-state index is 14.1. The summed E-state index contributed by atoms with van der Waals surface area (Å²) in [5, 5.41) is 5.85. The second kappa shape index (κ2) is 8.81. The second-order valence-corrected chi connectivity index (χ2v) is 6.76. The standard InChI is InChI=1S/C24H19FN2O5/c1-30-19-12-11-14(13-20(19)31-2)26-24(29)22-21(16-8-4-6-10-18(16)32-22)27-23(28)15-7-3-5-9-17(15)25/h3-13H,1-2H3,(H,26,29)(H,27,28). The quantitative estimate of drug-likeness (QED) is 0.441. The molecule has 32 heavy (non-hydrogen) atoms. The molecule has 3 aromatic carbocycles. The van der Waals surface area contributed by atoms with E-state index in [0.29, 0.717) is 28.2 Å². The van der Waals surface area contributed by atoms with Gasteiger partial charge < -0.3 is 24.5 Å². The molecular formula is C24H19FN2O5. The van der Waals surface area contributed by atoms with Gasteiger partial charge in [-0.1, -0.05) is 24.3 Å². The Morgan fingerprint density at radius 2 is 1.56 bits per heavy atom. The summed E-state index contributed by atoms with van der Waals surface area (Å²) in [5.41, 5.74) is 0.823. The first-order chi connectivity index (χ1) is 15.5. The summed E-state index contributed by atoms with van der Waals surface area (Å²) >= 11 is 0. The molecular weight excluding hydrogens is 415 g/mol. The van der Waals surface area contributed by atoms with Crippen molar-refractivity contribution in [1.29, 1.82) is 0 Å². The minimum atomic E-state index is -0.699. The lowest BCUT2D eigenvalue weighted by atomic mass is 10.1. The van der Waals surface area contributed by atoms with Crippen molar-refractivity contribution in [1.82, 2.24) is 0 Å². The first-order valence-electron chi connectivity index (χ1n) is 9.62. The van der Waals surface area contributed by atoms with Gasteiger partial charge in [-0.25, -0.2) is 4.39 Å². The molecule has 4 rings (SSSR count). The smallest absolute Gasteiger partial charge is 0.293 e. The highest BCUT2D eigenvalue weighted by atomic mass is 19.1. The molecule has 7 nitrogen and oxygen atoms in total. The van der Waals surface area contributed by atoms with Gasteiger partial charge in [-0.15, -0.1) is 0 Å². The van der Waals surface area contributed by atoms with Crippen molar-refractivity contribution in [2.75, 3.05) is 24.9 Å². The van der Waals surface area contributed by atoms with Crippen molar-refractivity contribution >= 4 is 34.2 Å². The van der Waals surface area contributed by atoms with E-state index < -0.39 is 17.6 Å². The number of carbonyl (C=O) groups excluding carboxylic acids is 2. The van der Waals surface area contributed by atoms with E-state index in [1.807, 2.05) is 0 Å². The van der Waals surface area contributed by atoms with Gasteiger partial charge in [0.25, 0.3) is 11.8 Å². The van der Waals surface area contributed by atoms with Crippen LogP contribution in [0.5, 0.6) is 11.5 Å². The number of para-hydroxylation sites is 1. The van der Waals surface area contributed by atoms with Crippen LogP contribution in [0, 0.1) is 5.82 Å². The van der Waals surface area contributed by atoms with Crippen molar-refractivity contribution in [2.24, 2.45) is 0 Å². The molecule has 4 aromatic rings. The summed E-state index contributed by atoms with van der Waals surface area (Å²) in [6.07, 6.45) is 0. The number of halogens is 1. The molecule has 2 N–H and O–H groups in total. The third-order valence-corrected chi connectivity index (χ3v) is 4.80. The van der Waals surface area contributed by atoms with Crippen LogP contribution in [0.25, 0.3) is 11.0 Å². The third kappa shape index (κ3) is 3.98. The maximum Gasteiger partial charge on any atom is 0.293 e. The lowest BCUT2D eigenvalue weighted by Gasteiger charge is -2.11. The molecule has 1 aromatic heterocycles. The van der Waals surface area contributed by atoms with Crippen molar-refractivity contribution in [3.8, 4) is 11.5 Å². The van der Waals surface area contributed by atoms with Crippen molar-refractivity contribution in [3.63, 3.8) is 0 Å². The molecule has 0 spiro atoms. The molecule has 0 fully saturated rings. The number of anilines is 2. The topological polar surface area (TPSA) is 89.8 Å². The van der Waals surface area contributed by atoms with E-state index in [1.54, 1.807) is 48.5 Å². The largest absolute Gasteiger partial charge is 0.493 e. The van der Waals surface area contributed by atoms with Crippen LogP contribution in [0.4, 0.5) is 15.8 Å². The number of methoxy groups -OCH3 is 2. The lowest BCUT2D eigenvalue weighted by Crippen LogP contribution is -2.18. The zero-order chi connectivity index (χ0) is 22.7. The van der Waals surface area contributed by atoms with E-state index in [2.05, 4.69) is 10.6 Å². The van der Waals surface area contributed by atoms with Gasteiger partial charge in [0.1, 0.15) is 17.1 Å². The fourth-order valence-electron chi connectivity index (χ4n) is 3.26. The van der Waals surface area contributed by atoms with Crippen LogP contribution in [-0.4, -0.2) is 26.0 Å². The van der Waals surface area contributed by atoms with Crippen molar-refractivity contribution in [2.45, 2.75) is 0 Å². The van der Waals surface area contributed by atoms with E-state index >= 15 is 0 Å². The van der Waals surface area contributed by atoms with Gasteiger partial charge in [0.15, 0.2) is 11.5 Å². The molecule has 0 saturated carbocycles. The van der Waals surface area contributed by atoms with Gasteiger partial charge >= 0.3 is 0 Å². The molecule has 0 saturated heterocycles. The Bertz CT molecular complexity index is 1310. The normalized spacial score (nSPS) is 10.6. The first-order valence-corrected chi connectivity index (χ1v) is 9.62. The van der Waals surface area contributed by atoms with E-state index in [9.17, 15) is 14.0 Å². The molecule has 0 aliphatic heterocycles. The molecule has 2 amide bonds. The monoisotopic (exact) mass is 434 g/mol. The van der Waals surface area contributed by atoms with Gasteiger partial charge in [0.05, 0.1) is 19.8 Å². The predicted octanol–water partition coefficient (Wildman–Crippen LogP) is 5.09. The van der Waals surface area contributed by atoms with Crippen LogP contribution in [0.2, 0.25) is 0 Å². The number of fused-ring (bicyclic) bond motifs is 1. The van der Waals surface area contributed by atoms with Crippen molar-refractivity contribution < 1.29 is 27.9 Å². The van der Waals surface area contributed by atoms with Gasteiger partial charge in [-0.05, 0) is 36.4 Å². The Morgan fingerprint density at radius 3 is 2.31 bits per heavy atom. The molecule has 0 aliphatic rings. The van der Waals surface area contributed by atoms with Crippen LogP contribution in [0.15, 0.2) is 71.1 Å². The Morgan fingerprint density at radius 1 is 0.844 bits per heavy atom. The highest BCUT2D eigenvalue weighted by Gasteiger charge is 2.24.